The molecule has 0 aliphatic heterocycles. The molecule has 0 heterocycles. The van der Waals surface area contributed by atoms with Gasteiger partial charge in [0, 0.05) is 32.1 Å². The predicted octanol–water partition coefficient (Wildman–Crippen LogP) is 2.77. The lowest BCUT2D eigenvalue weighted by molar-refractivity contribution is -0.145. The zero-order chi connectivity index (χ0) is 22.6. The van der Waals surface area contributed by atoms with Gasteiger partial charge in [-0.2, -0.15) is 0 Å². The number of esters is 2. The van der Waals surface area contributed by atoms with Crippen molar-refractivity contribution < 1.29 is 28.7 Å². The third-order valence-corrected chi connectivity index (χ3v) is 5.44. The topological polar surface area (TPSA) is 98.8 Å². The molecule has 3 atom stereocenters. The van der Waals surface area contributed by atoms with Crippen molar-refractivity contribution in [2.45, 2.75) is 51.5 Å². The molecule has 7 nitrogen and oxygen atoms in total. The van der Waals surface area contributed by atoms with Crippen molar-refractivity contribution in [3.8, 4) is 0 Å². The molecule has 1 aromatic carbocycles. The molecule has 0 saturated heterocycles. The molecule has 0 radical (unpaired) electrons. The molecule has 7 heteroatoms. The molecule has 3 unspecified atom stereocenters. The summed E-state index contributed by atoms with van der Waals surface area (Å²) in [6.45, 7) is 1.67. The van der Waals surface area contributed by atoms with Gasteiger partial charge in [-0.1, -0.05) is 42.5 Å². The van der Waals surface area contributed by atoms with Crippen molar-refractivity contribution in [2.75, 3.05) is 13.7 Å². The molecule has 1 aliphatic rings. The van der Waals surface area contributed by atoms with Crippen LogP contribution in [-0.4, -0.2) is 43.4 Å². The first-order chi connectivity index (χ1) is 14.9. The minimum absolute atomic E-state index is 0.0550. The number of ketones is 1. The molecule has 1 saturated carbocycles. The molecule has 1 aliphatic carbocycles. The van der Waals surface area contributed by atoms with Crippen LogP contribution < -0.4 is 5.32 Å². The summed E-state index contributed by atoms with van der Waals surface area (Å²) in [4.78, 5) is 47.8. The average molecular weight is 430 g/mol. The number of nitrogens with one attached hydrogen (secondary N) is 1. The second-order valence-corrected chi connectivity index (χ2v) is 7.74. The summed E-state index contributed by atoms with van der Waals surface area (Å²) >= 11 is 0. The van der Waals surface area contributed by atoms with Crippen LogP contribution in [0.1, 0.15) is 44.6 Å². The fourth-order valence-electron chi connectivity index (χ4n) is 3.85. The van der Waals surface area contributed by atoms with Crippen LogP contribution in [0.3, 0.4) is 0 Å². The van der Waals surface area contributed by atoms with E-state index in [0.29, 0.717) is 38.7 Å². The highest BCUT2D eigenvalue weighted by molar-refractivity contribution is 5.87. The Morgan fingerprint density at radius 2 is 1.94 bits per heavy atom. The van der Waals surface area contributed by atoms with Crippen molar-refractivity contribution in [2.24, 2.45) is 11.8 Å². The molecule has 2 rings (SSSR count). The standard InChI is InChI=1S/C24H31NO6/c1-17(26)31-14-8-4-7-11-20-19(12-13-22(20)27)16-23(28)25-21(24(29)30-2)15-18-9-5-3-6-10-18/h3-7,9-10,19-21H,8,11-16H2,1-2H3,(H,25,28). The molecule has 0 bridgehead atoms. The van der Waals surface area contributed by atoms with Gasteiger partial charge in [0.25, 0.3) is 0 Å². The second kappa shape index (κ2) is 12.7. The smallest absolute Gasteiger partial charge is 0.328 e. The fourth-order valence-corrected chi connectivity index (χ4v) is 3.85. The maximum Gasteiger partial charge on any atom is 0.328 e. The first-order valence-corrected chi connectivity index (χ1v) is 10.6. The number of methoxy groups -OCH3 is 1. The van der Waals surface area contributed by atoms with E-state index < -0.39 is 12.0 Å². The molecular formula is C24H31NO6. The third-order valence-electron chi connectivity index (χ3n) is 5.44. The van der Waals surface area contributed by atoms with Gasteiger partial charge in [-0.25, -0.2) is 4.79 Å². The number of allylic oxidation sites excluding steroid dienone is 1. The Morgan fingerprint density at radius 3 is 2.61 bits per heavy atom. The van der Waals surface area contributed by atoms with Gasteiger partial charge in [0.2, 0.25) is 5.91 Å². The van der Waals surface area contributed by atoms with Crippen LogP contribution >= 0.6 is 0 Å². The van der Waals surface area contributed by atoms with E-state index in [1.165, 1.54) is 14.0 Å². The molecular weight excluding hydrogens is 398 g/mol. The van der Waals surface area contributed by atoms with Crippen LogP contribution in [0.25, 0.3) is 0 Å². The Hall–Kier alpha value is -2.96. The number of amides is 1. The molecule has 168 valence electrons. The maximum atomic E-state index is 12.7. The zero-order valence-corrected chi connectivity index (χ0v) is 18.2. The number of benzene rings is 1. The van der Waals surface area contributed by atoms with E-state index in [1.54, 1.807) is 0 Å². The lowest BCUT2D eigenvalue weighted by atomic mass is 9.89. The van der Waals surface area contributed by atoms with Gasteiger partial charge < -0.3 is 14.8 Å². The van der Waals surface area contributed by atoms with Crippen molar-refractivity contribution in [3.63, 3.8) is 0 Å². The monoisotopic (exact) mass is 429 g/mol. The van der Waals surface area contributed by atoms with Crippen LogP contribution in [0.2, 0.25) is 0 Å². The summed E-state index contributed by atoms with van der Waals surface area (Å²) in [5, 5.41) is 2.78. The van der Waals surface area contributed by atoms with E-state index in [1.807, 2.05) is 42.5 Å². The summed E-state index contributed by atoms with van der Waals surface area (Å²) in [6.07, 6.45) is 6.62. The largest absolute Gasteiger partial charge is 0.467 e. The van der Waals surface area contributed by atoms with E-state index in [4.69, 9.17) is 9.47 Å². The van der Waals surface area contributed by atoms with E-state index in [0.717, 1.165) is 5.56 Å². The van der Waals surface area contributed by atoms with Gasteiger partial charge in [-0.15, -0.1) is 0 Å². The number of ether oxygens (including phenoxy) is 2. The van der Waals surface area contributed by atoms with Crippen LogP contribution in [-0.2, 0) is 35.1 Å². The van der Waals surface area contributed by atoms with Gasteiger partial charge in [0.15, 0.2) is 0 Å². The summed E-state index contributed by atoms with van der Waals surface area (Å²) in [6, 6.07) is 8.65. The average Bonchev–Trinajstić information content (AvgIpc) is 3.09. The van der Waals surface area contributed by atoms with Crippen LogP contribution in [0, 0.1) is 11.8 Å². The Balaban J connectivity index is 1.88. The molecule has 31 heavy (non-hydrogen) atoms. The van der Waals surface area contributed by atoms with Crippen LogP contribution in [0.15, 0.2) is 42.5 Å². The SMILES string of the molecule is COC(=O)C(Cc1ccccc1)NC(=O)CC1CCC(=O)C1CC=CCCOC(C)=O. The van der Waals surface area contributed by atoms with Crippen LogP contribution in [0.4, 0.5) is 0 Å². The fraction of sp³-hybridized carbons (Fsp3) is 0.500. The normalized spacial score (nSPS) is 19.2. The quantitative estimate of drug-likeness (QED) is 0.330. The number of hydrogen-bond acceptors (Lipinski definition) is 6. The van der Waals surface area contributed by atoms with E-state index in [9.17, 15) is 19.2 Å². The lowest BCUT2D eigenvalue weighted by Crippen LogP contribution is -2.43. The Morgan fingerprint density at radius 1 is 1.19 bits per heavy atom. The number of carbonyl (C=O) groups is 4. The Bertz CT molecular complexity index is 789. The van der Waals surface area contributed by atoms with Crippen molar-refractivity contribution in [1.82, 2.24) is 5.32 Å². The van der Waals surface area contributed by atoms with Crippen molar-refractivity contribution >= 4 is 23.6 Å². The summed E-state index contributed by atoms with van der Waals surface area (Å²) in [5.74, 6) is -1.16. The summed E-state index contributed by atoms with van der Waals surface area (Å²) in [7, 11) is 1.30. The summed E-state index contributed by atoms with van der Waals surface area (Å²) < 4.78 is 9.71. The highest BCUT2D eigenvalue weighted by Crippen LogP contribution is 2.34. The molecule has 1 amide bonds. The van der Waals surface area contributed by atoms with Gasteiger partial charge in [0.05, 0.1) is 13.7 Å². The number of rotatable bonds is 11. The third kappa shape index (κ3) is 8.36. The maximum absolute atomic E-state index is 12.7. The number of carbonyl (C=O) groups excluding carboxylic acids is 4. The highest BCUT2D eigenvalue weighted by atomic mass is 16.5. The highest BCUT2D eigenvalue weighted by Gasteiger charge is 2.35. The summed E-state index contributed by atoms with van der Waals surface area (Å²) in [5.41, 5.74) is 0.922. The molecule has 0 spiro atoms. The van der Waals surface area contributed by atoms with E-state index in [2.05, 4.69) is 5.32 Å². The van der Waals surface area contributed by atoms with Gasteiger partial charge in [-0.05, 0) is 30.7 Å². The lowest BCUT2D eigenvalue weighted by Gasteiger charge is -2.20. The Kier molecular flexibility index (Phi) is 9.94. The number of hydrogen-bond donors (Lipinski definition) is 1. The van der Waals surface area contributed by atoms with Gasteiger partial charge in [0.1, 0.15) is 11.8 Å². The minimum Gasteiger partial charge on any atom is -0.467 e. The van der Waals surface area contributed by atoms with Crippen LogP contribution in [0.5, 0.6) is 0 Å². The zero-order valence-electron chi connectivity index (χ0n) is 18.2. The molecule has 0 aromatic heterocycles. The number of Topliss-reactive ketones (excluding diaryl/α,β-unsaturated/α-hetero) is 1. The van der Waals surface area contributed by atoms with Gasteiger partial charge >= 0.3 is 11.9 Å². The molecule has 1 fully saturated rings. The first kappa shape index (κ1) is 24.3. The van der Waals surface area contributed by atoms with E-state index in [-0.39, 0.29) is 35.9 Å². The van der Waals surface area contributed by atoms with E-state index >= 15 is 0 Å². The first-order valence-electron chi connectivity index (χ1n) is 10.6. The molecule has 1 aromatic rings. The van der Waals surface area contributed by atoms with Crippen molar-refractivity contribution in [1.29, 1.82) is 0 Å². The van der Waals surface area contributed by atoms with Crippen molar-refractivity contribution in [3.05, 3.63) is 48.0 Å². The molecule has 1 N–H and O–H groups in total. The Labute approximate surface area is 183 Å². The van der Waals surface area contributed by atoms with Gasteiger partial charge in [-0.3, -0.25) is 14.4 Å². The predicted molar refractivity (Wildman–Crippen MR) is 115 cm³/mol. The second-order valence-electron chi connectivity index (χ2n) is 7.74. The minimum atomic E-state index is -0.767.